The number of halogens is 1. The summed E-state index contributed by atoms with van der Waals surface area (Å²) in [5, 5.41) is 0. The first-order valence-electron chi connectivity index (χ1n) is 7.42. The monoisotopic (exact) mass is 350 g/mol. The fourth-order valence-corrected chi connectivity index (χ4v) is 2.92. The van der Waals surface area contributed by atoms with Crippen LogP contribution in [0.25, 0.3) is 0 Å². The lowest BCUT2D eigenvalue weighted by atomic mass is 10.1. The summed E-state index contributed by atoms with van der Waals surface area (Å²) in [6, 6.07) is 17.8. The molecule has 0 aliphatic rings. The molecule has 3 nitrogen and oxygen atoms in total. The van der Waals surface area contributed by atoms with E-state index in [1.165, 1.54) is 0 Å². The molecule has 0 radical (unpaired) electrons. The van der Waals surface area contributed by atoms with Crippen LogP contribution in [0.5, 0.6) is 0 Å². The van der Waals surface area contributed by atoms with Crippen LogP contribution < -0.4 is 5.73 Å². The molecule has 0 heterocycles. The van der Waals surface area contributed by atoms with Crippen LogP contribution >= 0.6 is 24.2 Å². The first kappa shape index (κ1) is 19.6. The van der Waals surface area contributed by atoms with Crippen LogP contribution in [-0.4, -0.2) is 30.2 Å². The average molecular weight is 351 g/mol. The summed E-state index contributed by atoms with van der Waals surface area (Å²) in [7, 11) is 0. The number of carbonyl (C=O) groups is 1. The zero-order chi connectivity index (χ0) is 15.8. The lowest BCUT2D eigenvalue weighted by Crippen LogP contribution is -2.32. The second kappa shape index (κ2) is 10.3. The molecular weight excluding hydrogens is 328 g/mol. The van der Waals surface area contributed by atoms with Crippen LogP contribution in [0.4, 0.5) is 0 Å². The van der Waals surface area contributed by atoms with Crippen LogP contribution in [0.3, 0.4) is 0 Å². The molecule has 0 aliphatic carbocycles. The van der Waals surface area contributed by atoms with Crippen molar-refractivity contribution in [2.75, 3.05) is 19.3 Å². The normalized spacial score (nSPS) is 10.0. The lowest BCUT2D eigenvalue weighted by Gasteiger charge is -2.23. The van der Waals surface area contributed by atoms with E-state index in [-0.39, 0.29) is 18.3 Å². The summed E-state index contributed by atoms with van der Waals surface area (Å²) in [6.45, 7) is 1.87. The number of hydrogen-bond acceptors (Lipinski definition) is 3. The standard InChI is InChI=1S/C18H22N2OS.ClH/c1-22-17-11-6-5-10-16(17)18(21)20(13-7-12-19)14-15-8-3-2-4-9-15;/h2-6,8-11H,7,12-14,19H2,1H3;1H. The Morgan fingerprint density at radius 1 is 1.09 bits per heavy atom. The van der Waals surface area contributed by atoms with Crippen molar-refractivity contribution in [3.8, 4) is 0 Å². The van der Waals surface area contributed by atoms with E-state index < -0.39 is 0 Å². The minimum absolute atomic E-state index is 0. The average Bonchev–Trinajstić information content (AvgIpc) is 2.58. The number of thioether (sulfide) groups is 1. The zero-order valence-corrected chi connectivity index (χ0v) is 14.9. The highest BCUT2D eigenvalue weighted by atomic mass is 35.5. The lowest BCUT2D eigenvalue weighted by molar-refractivity contribution is 0.0739. The topological polar surface area (TPSA) is 46.3 Å². The molecule has 2 aromatic rings. The minimum Gasteiger partial charge on any atom is -0.334 e. The minimum atomic E-state index is 0. The van der Waals surface area contributed by atoms with Crippen molar-refractivity contribution >= 4 is 30.1 Å². The highest BCUT2D eigenvalue weighted by molar-refractivity contribution is 7.98. The van der Waals surface area contributed by atoms with E-state index in [2.05, 4.69) is 0 Å². The van der Waals surface area contributed by atoms with Crippen LogP contribution in [0.2, 0.25) is 0 Å². The summed E-state index contributed by atoms with van der Waals surface area (Å²) in [5.74, 6) is 0.0715. The van der Waals surface area contributed by atoms with E-state index >= 15 is 0 Å². The molecule has 2 N–H and O–H groups in total. The van der Waals surface area contributed by atoms with Crippen molar-refractivity contribution in [1.82, 2.24) is 4.90 Å². The van der Waals surface area contributed by atoms with Crippen molar-refractivity contribution in [1.29, 1.82) is 0 Å². The predicted molar refractivity (Wildman–Crippen MR) is 100 cm³/mol. The first-order valence-corrected chi connectivity index (χ1v) is 8.65. The first-order chi connectivity index (χ1) is 10.8. The van der Waals surface area contributed by atoms with E-state index in [0.717, 1.165) is 22.4 Å². The molecule has 0 saturated carbocycles. The van der Waals surface area contributed by atoms with Crippen LogP contribution in [0.15, 0.2) is 59.5 Å². The quantitative estimate of drug-likeness (QED) is 0.772. The van der Waals surface area contributed by atoms with Gasteiger partial charge in [0.15, 0.2) is 0 Å². The van der Waals surface area contributed by atoms with Gasteiger partial charge < -0.3 is 10.6 Å². The van der Waals surface area contributed by atoms with Gasteiger partial charge in [-0.15, -0.1) is 24.2 Å². The Balaban J connectivity index is 0.00000264. The number of rotatable bonds is 7. The van der Waals surface area contributed by atoms with Gasteiger partial charge in [0.2, 0.25) is 0 Å². The molecule has 0 fully saturated rings. The van der Waals surface area contributed by atoms with Crippen LogP contribution in [0.1, 0.15) is 22.3 Å². The molecule has 0 aliphatic heterocycles. The Kier molecular flexibility index (Phi) is 8.77. The molecule has 0 aromatic heterocycles. The second-order valence-electron chi connectivity index (χ2n) is 5.05. The largest absolute Gasteiger partial charge is 0.334 e. The fourth-order valence-electron chi connectivity index (χ4n) is 2.33. The van der Waals surface area contributed by atoms with Gasteiger partial charge in [-0.25, -0.2) is 0 Å². The molecule has 1 amide bonds. The van der Waals surface area contributed by atoms with Gasteiger partial charge in [-0.1, -0.05) is 42.5 Å². The van der Waals surface area contributed by atoms with Crippen molar-refractivity contribution in [3.05, 3.63) is 65.7 Å². The van der Waals surface area contributed by atoms with E-state index in [1.54, 1.807) is 11.8 Å². The van der Waals surface area contributed by atoms with Gasteiger partial charge in [-0.05, 0) is 36.9 Å². The Morgan fingerprint density at radius 2 is 1.74 bits per heavy atom. The van der Waals surface area contributed by atoms with Gasteiger partial charge >= 0.3 is 0 Å². The molecule has 0 unspecified atom stereocenters. The SMILES string of the molecule is CSc1ccccc1C(=O)N(CCCN)Cc1ccccc1.Cl. The number of nitrogens with zero attached hydrogens (tertiary/aromatic N) is 1. The maximum atomic E-state index is 12.9. The highest BCUT2D eigenvalue weighted by Crippen LogP contribution is 2.22. The van der Waals surface area contributed by atoms with Crippen LogP contribution in [-0.2, 0) is 6.54 Å². The second-order valence-corrected chi connectivity index (χ2v) is 5.90. The number of nitrogens with two attached hydrogens (primary N) is 1. The van der Waals surface area contributed by atoms with Gasteiger partial charge in [-0.3, -0.25) is 4.79 Å². The molecule has 5 heteroatoms. The Labute approximate surface area is 148 Å². The molecule has 2 aromatic carbocycles. The molecule has 2 rings (SSSR count). The Bertz CT molecular complexity index is 607. The van der Waals surface area contributed by atoms with E-state index in [9.17, 15) is 4.79 Å². The third-order valence-corrected chi connectivity index (χ3v) is 4.27. The third kappa shape index (κ3) is 5.57. The van der Waals surface area contributed by atoms with Crippen molar-refractivity contribution < 1.29 is 4.79 Å². The Hall–Kier alpha value is -1.49. The van der Waals surface area contributed by atoms with E-state index in [1.807, 2.05) is 65.8 Å². The summed E-state index contributed by atoms with van der Waals surface area (Å²) >= 11 is 1.60. The van der Waals surface area contributed by atoms with Gasteiger partial charge in [0.25, 0.3) is 5.91 Å². The molecule has 0 spiro atoms. The summed E-state index contributed by atoms with van der Waals surface area (Å²) in [6.07, 6.45) is 2.80. The molecule has 0 bridgehead atoms. The van der Waals surface area contributed by atoms with Gasteiger partial charge in [0.05, 0.1) is 5.56 Å². The van der Waals surface area contributed by atoms with Crippen molar-refractivity contribution in [3.63, 3.8) is 0 Å². The maximum Gasteiger partial charge on any atom is 0.255 e. The van der Waals surface area contributed by atoms with E-state index in [0.29, 0.717) is 19.6 Å². The maximum absolute atomic E-state index is 12.9. The number of hydrogen-bond donors (Lipinski definition) is 1. The number of amides is 1. The summed E-state index contributed by atoms with van der Waals surface area (Å²) in [4.78, 5) is 15.8. The van der Waals surface area contributed by atoms with Crippen molar-refractivity contribution in [2.24, 2.45) is 5.73 Å². The molecule has 124 valence electrons. The van der Waals surface area contributed by atoms with E-state index in [4.69, 9.17) is 5.73 Å². The Morgan fingerprint density at radius 3 is 2.39 bits per heavy atom. The number of benzene rings is 2. The fraction of sp³-hybridized carbons (Fsp3) is 0.278. The van der Waals surface area contributed by atoms with Gasteiger partial charge in [-0.2, -0.15) is 0 Å². The van der Waals surface area contributed by atoms with Gasteiger partial charge in [0.1, 0.15) is 0 Å². The van der Waals surface area contributed by atoms with Crippen molar-refractivity contribution in [2.45, 2.75) is 17.9 Å². The highest BCUT2D eigenvalue weighted by Gasteiger charge is 2.18. The zero-order valence-electron chi connectivity index (χ0n) is 13.3. The number of carbonyl (C=O) groups excluding carboxylic acids is 1. The smallest absolute Gasteiger partial charge is 0.255 e. The molecule has 0 atom stereocenters. The van der Waals surface area contributed by atoms with Gasteiger partial charge in [0, 0.05) is 18.0 Å². The summed E-state index contributed by atoms with van der Waals surface area (Å²) < 4.78 is 0. The molecule has 0 saturated heterocycles. The third-order valence-electron chi connectivity index (χ3n) is 3.47. The predicted octanol–water partition coefficient (Wildman–Crippen LogP) is 3.82. The molecular formula is C18H23ClN2OS. The molecule has 23 heavy (non-hydrogen) atoms. The van der Waals surface area contributed by atoms with Crippen LogP contribution in [0, 0.1) is 0 Å². The summed E-state index contributed by atoms with van der Waals surface area (Å²) in [5.41, 5.74) is 7.52.